The van der Waals surface area contributed by atoms with Crippen molar-refractivity contribution in [2.45, 2.75) is 32.6 Å². The van der Waals surface area contributed by atoms with Crippen molar-refractivity contribution in [3.8, 4) is 0 Å². The summed E-state index contributed by atoms with van der Waals surface area (Å²) in [5.41, 5.74) is 3.64. The molecule has 0 fully saturated rings. The summed E-state index contributed by atoms with van der Waals surface area (Å²) in [7, 11) is 0. The van der Waals surface area contributed by atoms with E-state index in [0.29, 0.717) is 5.11 Å². The fourth-order valence-electron chi connectivity index (χ4n) is 2.28. The van der Waals surface area contributed by atoms with Crippen molar-refractivity contribution in [1.82, 2.24) is 5.32 Å². The van der Waals surface area contributed by atoms with Crippen molar-refractivity contribution in [2.75, 3.05) is 11.9 Å². The molecule has 0 atom stereocenters. The lowest BCUT2D eigenvalue weighted by Crippen LogP contribution is -2.30. The highest BCUT2D eigenvalue weighted by Crippen LogP contribution is 2.12. The number of halogens is 1. The van der Waals surface area contributed by atoms with Gasteiger partial charge in [0.25, 0.3) is 0 Å². The van der Waals surface area contributed by atoms with Crippen LogP contribution in [0.25, 0.3) is 0 Å². The van der Waals surface area contributed by atoms with Gasteiger partial charge in [-0.1, -0.05) is 49.2 Å². The summed E-state index contributed by atoms with van der Waals surface area (Å²) < 4.78 is 0. The Labute approximate surface area is 149 Å². The molecule has 2 aromatic rings. The molecule has 0 saturated heterocycles. The van der Waals surface area contributed by atoms with Gasteiger partial charge in [0.2, 0.25) is 0 Å². The summed E-state index contributed by atoms with van der Waals surface area (Å²) in [6.45, 7) is 3.01. The average Bonchev–Trinajstić information content (AvgIpc) is 2.56. The van der Waals surface area contributed by atoms with Gasteiger partial charge in [0, 0.05) is 17.3 Å². The number of rotatable bonds is 7. The smallest absolute Gasteiger partial charge is 0.170 e. The predicted molar refractivity (Wildman–Crippen MR) is 104 cm³/mol. The highest BCUT2D eigenvalue weighted by atomic mass is 35.5. The van der Waals surface area contributed by atoms with Gasteiger partial charge >= 0.3 is 0 Å². The third kappa shape index (κ3) is 6.59. The van der Waals surface area contributed by atoms with Gasteiger partial charge in [0.1, 0.15) is 0 Å². The molecule has 2 nitrogen and oxygen atoms in total. The Kier molecular flexibility index (Phi) is 7.37. The minimum Gasteiger partial charge on any atom is -0.362 e. The molecule has 0 radical (unpaired) electrons. The van der Waals surface area contributed by atoms with Crippen LogP contribution in [-0.4, -0.2) is 11.7 Å². The van der Waals surface area contributed by atoms with E-state index >= 15 is 0 Å². The predicted octanol–water partition coefficient (Wildman–Crippen LogP) is 5.21. The van der Waals surface area contributed by atoms with E-state index in [2.05, 4.69) is 41.8 Å². The molecule has 0 aliphatic carbocycles. The SMILES string of the molecule is CCCCc1ccc(NC(=S)NCCc2ccc(Cl)cc2)cc1. The van der Waals surface area contributed by atoms with Crippen LogP contribution in [0.2, 0.25) is 5.02 Å². The van der Waals surface area contributed by atoms with E-state index in [9.17, 15) is 0 Å². The Bertz CT molecular complexity index is 608. The molecule has 2 aromatic carbocycles. The van der Waals surface area contributed by atoms with Crippen LogP contribution in [0.1, 0.15) is 30.9 Å². The molecule has 2 rings (SSSR count). The van der Waals surface area contributed by atoms with Gasteiger partial charge in [-0.2, -0.15) is 0 Å². The van der Waals surface area contributed by atoms with Crippen LogP contribution in [-0.2, 0) is 12.8 Å². The minimum atomic E-state index is 0.653. The molecule has 0 unspecified atom stereocenters. The molecule has 0 bridgehead atoms. The number of unbranched alkanes of at least 4 members (excludes halogenated alkanes) is 1. The molecule has 23 heavy (non-hydrogen) atoms. The molecule has 0 aliphatic rings. The molecule has 0 aromatic heterocycles. The van der Waals surface area contributed by atoms with E-state index in [4.69, 9.17) is 23.8 Å². The number of thiocarbonyl (C=S) groups is 1. The summed E-state index contributed by atoms with van der Waals surface area (Å²) in [5.74, 6) is 0. The summed E-state index contributed by atoms with van der Waals surface area (Å²) in [6.07, 6.45) is 4.51. The highest BCUT2D eigenvalue weighted by molar-refractivity contribution is 7.80. The minimum absolute atomic E-state index is 0.653. The lowest BCUT2D eigenvalue weighted by Gasteiger charge is -2.11. The fourth-order valence-corrected chi connectivity index (χ4v) is 2.63. The maximum absolute atomic E-state index is 5.88. The lowest BCUT2D eigenvalue weighted by atomic mass is 10.1. The van der Waals surface area contributed by atoms with Crippen molar-refractivity contribution >= 4 is 34.6 Å². The number of hydrogen-bond donors (Lipinski definition) is 2. The van der Waals surface area contributed by atoms with Crippen LogP contribution in [0, 0.1) is 0 Å². The van der Waals surface area contributed by atoms with E-state index < -0.39 is 0 Å². The summed E-state index contributed by atoms with van der Waals surface area (Å²) in [6, 6.07) is 16.4. The number of benzene rings is 2. The summed E-state index contributed by atoms with van der Waals surface area (Å²) in [5, 5.41) is 7.87. The molecule has 0 saturated carbocycles. The van der Waals surface area contributed by atoms with Crippen molar-refractivity contribution in [2.24, 2.45) is 0 Å². The van der Waals surface area contributed by atoms with Crippen molar-refractivity contribution in [3.63, 3.8) is 0 Å². The van der Waals surface area contributed by atoms with Gasteiger partial charge in [-0.15, -0.1) is 0 Å². The van der Waals surface area contributed by atoms with Crippen LogP contribution < -0.4 is 10.6 Å². The first-order valence-corrected chi connectivity index (χ1v) is 8.84. The Balaban J connectivity index is 1.72. The van der Waals surface area contributed by atoms with Gasteiger partial charge in [0.15, 0.2) is 5.11 Å². The molecule has 122 valence electrons. The largest absolute Gasteiger partial charge is 0.362 e. The zero-order valence-electron chi connectivity index (χ0n) is 13.4. The first-order valence-electron chi connectivity index (χ1n) is 8.05. The third-order valence-corrected chi connectivity index (χ3v) is 4.14. The van der Waals surface area contributed by atoms with Crippen molar-refractivity contribution in [1.29, 1.82) is 0 Å². The zero-order valence-corrected chi connectivity index (χ0v) is 15.0. The number of aryl methyl sites for hydroxylation is 1. The zero-order chi connectivity index (χ0) is 16.5. The molecule has 0 spiro atoms. The standard InChI is InChI=1S/C19H23ClN2S/c1-2-3-4-15-7-11-18(12-8-15)22-19(23)21-14-13-16-5-9-17(20)10-6-16/h5-12H,2-4,13-14H2,1H3,(H2,21,22,23). The average molecular weight is 347 g/mol. The first-order chi connectivity index (χ1) is 11.2. The van der Waals surface area contributed by atoms with Crippen molar-refractivity contribution in [3.05, 3.63) is 64.7 Å². The molecule has 0 amide bonds. The second kappa shape index (κ2) is 9.53. The van der Waals surface area contributed by atoms with Crippen LogP contribution >= 0.6 is 23.8 Å². The second-order valence-electron chi connectivity index (χ2n) is 5.56. The fraction of sp³-hybridized carbons (Fsp3) is 0.316. The third-order valence-electron chi connectivity index (χ3n) is 3.64. The topological polar surface area (TPSA) is 24.1 Å². The van der Waals surface area contributed by atoms with Gasteiger partial charge in [-0.25, -0.2) is 0 Å². The van der Waals surface area contributed by atoms with E-state index in [1.807, 2.05) is 24.3 Å². The summed E-state index contributed by atoms with van der Waals surface area (Å²) >= 11 is 11.2. The molecule has 4 heteroatoms. The Hall–Kier alpha value is -1.58. The summed E-state index contributed by atoms with van der Waals surface area (Å²) in [4.78, 5) is 0. The van der Waals surface area contributed by atoms with Crippen LogP contribution in [0.5, 0.6) is 0 Å². The maximum atomic E-state index is 5.88. The van der Waals surface area contributed by atoms with Crippen LogP contribution in [0.4, 0.5) is 5.69 Å². The van der Waals surface area contributed by atoms with Gasteiger partial charge in [-0.05, 0) is 66.9 Å². The maximum Gasteiger partial charge on any atom is 0.170 e. The second-order valence-corrected chi connectivity index (χ2v) is 6.40. The molecule has 2 N–H and O–H groups in total. The van der Waals surface area contributed by atoms with Crippen molar-refractivity contribution < 1.29 is 0 Å². The van der Waals surface area contributed by atoms with Gasteiger partial charge < -0.3 is 10.6 Å². The Morgan fingerprint density at radius 1 is 0.957 bits per heavy atom. The molecular formula is C19H23ClN2S. The first kappa shape index (κ1) is 17.8. The Morgan fingerprint density at radius 2 is 1.57 bits per heavy atom. The monoisotopic (exact) mass is 346 g/mol. The van der Waals surface area contributed by atoms with E-state index in [1.54, 1.807) is 0 Å². The van der Waals surface area contributed by atoms with E-state index in [0.717, 1.165) is 30.1 Å². The normalized spacial score (nSPS) is 10.3. The quantitative estimate of drug-likeness (QED) is 0.673. The number of anilines is 1. The molecule has 0 aliphatic heterocycles. The number of nitrogens with one attached hydrogen (secondary N) is 2. The molecular weight excluding hydrogens is 324 g/mol. The highest BCUT2D eigenvalue weighted by Gasteiger charge is 1.99. The van der Waals surface area contributed by atoms with Crippen LogP contribution in [0.15, 0.2) is 48.5 Å². The van der Waals surface area contributed by atoms with E-state index in [-0.39, 0.29) is 0 Å². The molecule has 0 heterocycles. The van der Waals surface area contributed by atoms with Gasteiger partial charge in [0.05, 0.1) is 0 Å². The van der Waals surface area contributed by atoms with Crippen LogP contribution in [0.3, 0.4) is 0 Å². The Morgan fingerprint density at radius 3 is 2.22 bits per heavy atom. The van der Waals surface area contributed by atoms with Gasteiger partial charge in [-0.3, -0.25) is 0 Å². The lowest BCUT2D eigenvalue weighted by molar-refractivity contribution is 0.795. The van der Waals surface area contributed by atoms with E-state index in [1.165, 1.54) is 24.0 Å². The number of hydrogen-bond acceptors (Lipinski definition) is 1.